The maximum atomic E-state index is 13.3. The topological polar surface area (TPSA) is 58.6 Å². The number of thiazole rings is 1. The fraction of sp³-hybridized carbons (Fsp3) is 0.316. The van der Waals surface area contributed by atoms with Crippen molar-refractivity contribution in [2.75, 3.05) is 31.1 Å². The zero-order valence-corrected chi connectivity index (χ0v) is 16.0. The first-order valence-electron chi connectivity index (χ1n) is 8.88. The van der Waals surface area contributed by atoms with Gasteiger partial charge in [0, 0.05) is 38.4 Å². The predicted octanol–water partition coefficient (Wildman–Crippen LogP) is 3.09. The number of fused-ring (bicyclic) bond motifs is 1. The normalized spacial score (nSPS) is 15.7. The third-order valence-electron chi connectivity index (χ3n) is 4.57. The van der Waals surface area contributed by atoms with Crippen LogP contribution in [-0.4, -0.2) is 53.1 Å². The molecule has 146 valence electrons. The number of anilines is 1. The summed E-state index contributed by atoms with van der Waals surface area (Å²) in [4.78, 5) is 26.3. The number of nitrogens with zero attached hydrogens (tertiary/aromatic N) is 4. The number of rotatable bonds is 4. The van der Waals surface area contributed by atoms with E-state index in [0.717, 1.165) is 27.6 Å². The Hall–Kier alpha value is -2.81. The van der Waals surface area contributed by atoms with Crippen molar-refractivity contribution in [3.05, 3.63) is 48.2 Å². The summed E-state index contributed by atoms with van der Waals surface area (Å²) in [6.45, 7) is 3.99. The number of halogens is 2. The highest BCUT2D eigenvalue weighted by Crippen LogP contribution is 2.27. The van der Waals surface area contributed by atoms with E-state index in [-0.39, 0.29) is 11.7 Å². The van der Waals surface area contributed by atoms with Gasteiger partial charge in [-0.05, 0) is 31.2 Å². The second-order valence-electron chi connectivity index (χ2n) is 6.47. The minimum atomic E-state index is -1.00. The molecule has 1 fully saturated rings. The van der Waals surface area contributed by atoms with Crippen molar-refractivity contribution in [3.8, 4) is 5.75 Å². The van der Waals surface area contributed by atoms with Gasteiger partial charge in [-0.1, -0.05) is 11.3 Å². The molecule has 4 rings (SSSR count). The van der Waals surface area contributed by atoms with E-state index in [9.17, 15) is 13.6 Å². The standard InChI is InChI=1S/C19H18F2N4O2S/c1-12(27-13-4-5-14(20)15(21)11-13)18(26)24-7-9-25(10-8-24)19-23-16-3-2-6-22-17(16)28-19/h2-6,11-12H,7-10H2,1H3. The Morgan fingerprint density at radius 2 is 1.96 bits per heavy atom. The largest absolute Gasteiger partial charge is 0.481 e. The van der Waals surface area contributed by atoms with E-state index in [1.54, 1.807) is 18.0 Å². The molecule has 0 saturated carbocycles. The molecule has 1 aliphatic rings. The van der Waals surface area contributed by atoms with Crippen LogP contribution in [0.3, 0.4) is 0 Å². The molecule has 1 aromatic carbocycles. The van der Waals surface area contributed by atoms with Crippen LogP contribution in [0.1, 0.15) is 6.92 Å². The molecule has 1 amide bonds. The molecule has 28 heavy (non-hydrogen) atoms. The molecule has 3 aromatic rings. The van der Waals surface area contributed by atoms with E-state index in [1.807, 2.05) is 12.1 Å². The molecule has 0 spiro atoms. The highest BCUT2D eigenvalue weighted by atomic mass is 32.1. The summed E-state index contributed by atoms with van der Waals surface area (Å²) < 4.78 is 31.8. The Labute approximate surface area is 164 Å². The Bertz CT molecular complexity index is 972. The summed E-state index contributed by atoms with van der Waals surface area (Å²) in [7, 11) is 0. The van der Waals surface area contributed by atoms with Crippen LogP contribution in [0.25, 0.3) is 10.3 Å². The summed E-state index contributed by atoms with van der Waals surface area (Å²) in [6, 6.07) is 7.02. The monoisotopic (exact) mass is 404 g/mol. The number of hydrogen-bond acceptors (Lipinski definition) is 6. The predicted molar refractivity (Wildman–Crippen MR) is 103 cm³/mol. The molecule has 2 aromatic heterocycles. The zero-order chi connectivity index (χ0) is 19.7. The highest BCUT2D eigenvalue weighted by Gasteiger charge is 2.27. The fourth-order valence-electron chi connectivity index (χ4n) is 3.07. The Balaban J connectivity index is 1.35. The lowest BCUT2D eigenvalue weighted by atomic mass is 10.2. The lowest BCUT2D eigenvalue weighted by Gasteiger charge is -2.35. The van der Waals surface area contributed by atoms with Gasteiger partial charge in [0.25, 0.3) is 5.91 Å². The van der Waals surface area contributed by atoms with Crippen LogP contribution in [0.5, 0.6) is 5.75 Å². The van der Waals surface area contributed by atoms with Crippen LogP contribution in [0.2, 0.25) is 0 Å². The molecular formula is C19H18F2N4O2S. The van der Waals surface area contributed by atoms with Crippen LogP contribution < -0.4 is 9.64 Å². The van der Waals surface area contributed by atoms with Crippen LogP contribution >= 0.6 is 11.3 Å². The van der Waals surface area contributed by atoms with E-state index < -0.39 is 17.7 Å². The van der Waals surface area contributed by atoms with Gasteiger partial charge in [-0.25, -0.2) is 18.7 Å². The molecule has 3 heterocycles. The van der Waals surface area contributed by atoms with Crippen molar-refractivity contribution in [2.45, 2.75) is 13.0 Å². The van der Waals surface area contributed by atoms with Gasteiger partial charge >= 0.3 is 0 Å². The van der Waals surface area contributed by atoms with Gasteiger partial charge in [-0.2, -0.15) is 0 Å². The maximum absolute atomic E-state index is 13.3. The zero-order valence-electron chi connectivity index (χ0n) is 15.1. The van der Waals surface area contributed by atoms with E-state index in [0.29, 0.717) is 26.2 Å². The van der Waals surface area contributed by atoms with Gasteiger partial charge < -0.3 is 14.5 Å². The van der Waals surface area contributed by atoms with Crippen molar-refractivity contribution >= 4 is 32.7 Å². The number of benzene rings is 1. The molecule has 6 nitrogen and oxygen atoms in total. The first kappa shape index (κ1) is 18.5. The van der Waals surface area contributed by atoms with Gasteiger partial charge in [0.05, 0.1) is 0 Å². The smallest absolute Gasteiger partial charge is 0.263 e. The van der Waals surface area contributed by atoms with Gasteiger partial charge in [-0.15, -0.1) is 0 Å². The second-order valence-corrected chi connectivity index (χ2v) is 7.43. The quantitative estimate of drug-likeness (QED) is 0.669. The van der Waals surface area contributed by atoms with Crippen LogP contribution in [-0.2, 0) is 4.79 Å². The Morgan fingerprint density at radius 1 is 1.18 bits per heavy atom. The average molecular weight is 404 g/mol. The number of aromatic nitrogens is 2. The summed E-state index contributed by atoms with van der Waals surface area (Å²) in [6.07, 6.45) is 0.956. The first-order chi connectivity index (χ1) is 13.5. The first-order valence-corrected chi connectivity index (χ1v) is 9.70. The number of ether oxygens (including phenoxy) is 1. The third-order valence-corrected chi connectivity index (χ3v) is 5.61. The van der Waals surface area contributed by atoms with E-state index in [4.69, 9.17) is 4.74 Å². The molecule has 1 saturated heterocycles. The molecule has 1 unspecified atom stereocenters. The summed E-state index contributed by atoms with van der Waals surface area (Å²) in [5, 5.41) is 0.895. The minimum absolute atomic E-state index is 0.125. The summed E-state index contributed by atoms with van der Waals surface area (Å²) in [5.74, 6) is -2.01. The summed E-state index contributed by atoms with van der Waals surface area (Å²) in [5.41, 5.74) is 0.870. The van der Waals surface area contributed by atoms with Gasteiger partial charge in [0.2, 0.25) is 0 Å². The van der Waals surface area contributed by atoms with Crippen molar-refractivity contribution in [1.82, 2.24) is 14.9 Å². The number of piperazine rings is 1. The molecule has 1 atom stereocenters. The maximum Gasteiger partial charge on any atom is 0.263 e. The van der Waals surface area contributed by atoms with Gasteiger partial charge in [-0.3, -0.25) is 4.79 Å². The minimum Gasteiger partial charge on any atom is -0.481 e. The van der Waals surface area contributed by atoms with Crippen molar-refractivity contribution in [2.24, 2.45) is 0 Å². The van der Waals surface area contributed by atoms with Crippen molar-refractivity contribution in [1.29, 1.82) is 0 Å². The molecule has 0 aliphatic carbocycles. The van der Waals surface area contributed by atoms with Crippen molar-refractivity contribution in [3.63, 3.8) is 0 Å². The molecule has 9 heteroatoms. The van der Waals surface area contributed by atoms with Crippen molar-refractivity contribution < 1.29 is 18.3 Å². The second kappa shape index (κ2) is 7.67. The third kappa shape index (κ3) is 3.75. The van der Waals surface area contributed by atoms with Gasteiger partial charge in [0.1, 0.15) is 16.1 Å². The van der Waals surface area contributed by atoms with Crippen LogP contribution in [0.15, 0.2) is 36.5 Å². The highest BCUT2D eigenvalue weighted by molar-refractivity contribution is 7.21. The Kier molecular flexibility index (Phi) is 5.08. The summed E-state index contributed by atoms with van der Waals surface area (Å²) >= 11 is 1.53. The number of carbonyl (C=O) groups excluding carboxylic acids is 1. The fourth-order valence-corrected chi connectivity index (χ4v) is 4.03. The average Bonchev–Trinajstić information content (AvgIpc) is 3.14. The lowest BCUT2D eigenvalue weighted by molar-refractivity contribution is -0.138. The Morgan fingerprint density at radius 3 is 2.68 bits per heavy atom. The number of pyridine rings is 1. The molecular weight excluding hydrogens is 386 g/mol. The molecule has 0 radical (unpaired) electrons. The lowest BCUT2D eigenvalue weighted by Crippen LogP contribution is -2.52. The SMILES string of the molecule is CC(Oc1ccc(F)c(F)c1)C(=O)N1CCN(c2nc3cccnc3s2)CC1. The molecule has 0 bridgehead atoms. The van der Waals surface area contributed by atoms with E-state index >= 15 is 0 Å². The molecule has 0 N–H and O–H groups in total. The van der Waals surface area contributed by atoms with Crippen LogP contribution in [0, 0.1) is 11.6 Å². The van der Waals surface area contributed by atoms with Gasteiger partial charge in [0.15, 0.2) is 22.9 Å². The number of hydrogen-bond donors (Lipinski definition) is 0. The molecule has 1 aliphatic heterocycles. The number of carbonyl (C=O) groups is 1. The van der Waals surface area contributed by atoms with E-state index in [1.165, 1.54) is 17.4 Å². The van der Waals surface area contributed by atoms with E-state index in [2.05, 4.69) is 14.9 Å². The number of amides is 1. The van der Waals surface area contributed by atoms with Crippen LogP contribution in [0.4, 0.5) is 13.9 Å².